The van der Waals surface area contributed by atoms with E-state index in [1.165, 1.54) is 6.92 Å². The average Bonchev–Trinajstić information content (AvgIpc) is 1.80. The fraction of sp³-hybridized carbons (Fsp3) is 0.750. The summed E-state index contributed by atoms with van der Waals surface area (Å²) in [6.07, 6.45) is 1.60. The van der Waals surface area contributed by atoms with Crippen molar-refractivity contribution in [2.24, 2.45) is 0 Å². The van der Waals surface area contributed by atoms with Gasteiger partial charge in [-0.2, -0.15) is 0 Å². The first kappa shape index (κ1) is 10.4. The molecule has 0 radical (unpaired) electrons. The smallest absolute Gasteiger partial charge is 0.264 e. The Morgan fingerprint density at radius 2 is 1.91 bits per heavy atom. The molecule has 1 unspecified atom stereocenters. The van der Waals surface area contributed by atoms with Crippen molar-refractivity contribution < 1.29 is 8.78 Å². The number of halogens is 2. The van der Waals surface area contributed by atoms with Gasteiger partial charge in [-0.3, -0.25) is 0 Å². The lowest BCUT2D eigenvalue weighted by Gasteiger charge is -2.19. The third-order valence-corrected chi connectivity index (χ3v) is 1.38. The molecule has 3 heteroatoms. The molecular weight excluding hydrogens is 148 g/mol. The zero-order valence-electron chi connectivity index (χ0n) is 7.41. The molecule has 0 amide bonds. The first-order valence-electron chi connectivity index (χ1n) is 3.61. The second-order valence-corrected chi connectivity index (χ2v) is 3.07. The van der Waals surface area contributed by atoms with E-state index in [1.54, 1.807) is 6.20 Å². The molecule has 0 heterocycles. The van der Waals surface area contributed by atoms with E-state index >= 15 is 0 Å². The minimum Gasteiger partial charge on any atom is -0.383 e. The summed E-state index contributed by atoms with van der Waals surface area (Å²) >= 11 is 0. The van der Waals surface area contributed by atoms with Crippen molar-refractivity contribution in [3.05, 3.63) is 11.8 Å². The van der Waals surface area contributed by atoms with Gasteiger partial charge in [0.1, 0.15) is 0 Å². The number of rotatable bonds is 3. The molecule has 66 valence electrons. The van der Waals surface area contributed by atoms with Crippen molar-refractivity contribution in [2.75, 3.05) is 0 Å². The normalized spacial score (nSPS) is 14.0. The lowest BCUT2D eigenvalue weighted by atomic mass is 10.2. The van der Waals surface area contributed by atoms with E-state index in [0.717, 1.165) is 12.5 Å². The van der Waals surface area contributed by atoms with Crippen molar-refractivity contribution in [2.45, 2.75) is 39.7 Å². The quantitative estimate of drug-likeness (QED) is 0.674. The molecule has 0 saturated heterocycles. The van der Waals surface area contributed by atoms with Crippen molar-refractivity contribution >= 4 is 0 Å². The molecule has 0 aromatic carbocycles. The van der Waals surface area contributed by atoms with Crippen LogP contribution in [0.3, 0.4) is 0 Å². The Morgan fingerprint density at radius 1 is 1.45 bits per heavy atom. The number of hydrogen-bond acceptors (Lipinski definition) is 1. The van der Waals surface area contributed by atoms with Gasteiger partial charge in [0.05, 0.1) is 6.04 Å². The van der Waals surface area contributed by atoms with Gasteiger partial charge in [0.15, 0.2) is 0 Å². The highest BCUT2D eigenvalue weighted by molar-refractivity contribution is 4.93. The van der Waals surface area contributed by atoms with Crippen LogP contribution in [-0.4, -0.2) is 12.0 Å². The predicted molar refractivity (Wildman–Crippen MR) is 42.6 cm³/mol. The highest BCUT2D eigenvalue weighted by Gasteiger charge is 2.28. The summed E-state index contributed by atoms with van der Waals surface area (Å²) in [7, 11) is 0. The fourth-order valence-electron chi connectivity index (χ4n) is 0.438. The molecule has 0 aromatic rings. The van der Waals surface area contributed by atoms with Gasteiger partial charge < -0.3 is 5.32 Å². The van der Waals surface area contributed by atoms with Crippen LogP contribution in [0, 0.1) is 0 Å². The van der Waals surface area contributed by atoms with Gasteiger partial charge in [0.25, 0.3) is 5.92 Å². The molecule has 0 aliphatic heterocycles. The van der Waals surface area contributed by atoms with Crippen LogP contribution in [0.5, 0.6) is 0 Å². The van der Waals surface area contributed by atoms with Crippen molar-refractivity contribution in [1.82, 2.24) is 5.32 Å². The molecule has 0 fully saturated rings. The van der Waals surface area contributed by atoms with Crippen molar-refractivity contribution in [1.29, 1.82) is 0 Å². The minimum atomic E-state index is -2.66. The molecule has 0 aliphatic rings. The Labute approximate surface area is 66.5 Å². The van der Waals surface area contributed by atoms with E-state index in [1.807, 2.05) is 13.8 Å². The molecule has 1 nitrogen and oxygen atoms in total. The largest absolute Gasteiger partial charge is 0.383 e. The lowest BCUT2D eigenvalue weighted by Crippen LogP contribution is -2.37. The second kappa shape index (κ2) is 3.69. The Morgan fingerprint density at radius 3 is 2.18 bits per heavy atom. The summed E-state index contributed by atoms with van der Waals surface area (Å²) in [5, 5.41) is 2.61. The molecule has 0 aromatic heterocycles. The second-order valence-electron chi connectivity index (χ2n) is 3.07. The maximum atomic E-state index is 12.5. The number of alkyl halides is 2. The van der Waals surface area contributed by atoms with E-state index < -0.39 is 12.0 Å². The number of allylic oxidation sites excluding steroid dienone is 1. The van der Waals surface area contributed by atoms with Crippen LogP contribution >= 0.6 is 0 Å². The molecule has 0 aliphatic carbocycles. The summed E-state index contributed by atoms with van der Waals surface area (Å²) in [4.78, 5) is 0. The fourth-order valence-corrected chi connectivity index (χ4v) is 0.438. The SMILES string of the molecule is CC(C)=CNC(C)C(C)(F)F. The van der Waals surface area contributed by atoms with Crippen LogP contribution in [0.4, 0.5) is 8.78 Å². The van der Waals surface area contributed by atoms with E-state index in [9.17, 15) is 8.78 Å². The van der Waals surface area contributed by atoms with E-state index in [4.69, 9.17) is 0 Å². The van der Waals surface area contributed by atoms with Crippen molar-refractivity contribution in [3.8, 4) is 0 Å². The zero-order valence-corrected chi connectivity index (χ0v) is 7.41. The summed E-state index contributed by atoms with van der Waals surface area (Å²) in [6, 6.07) is -0.808. The standard InChI is InChI=1S/C8H15F2N/c1-6(2)5-11-7(3)8(4,9)10/h5,7,11H,1-4H3. The minimum absolute atomic E-state index is 0.808. The summed E-state index contributed by atoms with van der Waals surface area (Å²) in [5.74, 6) is -2.66. The van der Waals surface area contributed by atoms with Crippen LogP contribution in [0.1, 0.15) is 27.7 Å². The highest BCUT2D eigenvalue weighted by Crippen LogP contribution is 2.16. The number of nitrogens with one attached hydrogen (secondary N) is 1. The maximum Gasteiger partial charge on any atom is 0.264 e. The first-order chi connectivity index (χ1) is 4.84. The maximum absolute atomic E-state index is 12.5. The average molecular weight is 163 g/mol. The molecule has 1 N–H and O–H groups in total. The van der Waals surface area contributed by atoms with E-state index in [0.29, 0.717) is 0 Å². The van der Waals surface area contributed by atoms with Crippen LogP contribution in [0.15, 0.2) is 11.8 Å². The Hall–Kier alpha value is -0.600. The zero-order chi connectivity index (χ0) is 9.07. The molecule has 0 bridgehead atoms. The lowest BCUT2D eigenvalue weighted by molar-refractivity contribution is -0.00784. The van der Waals surface area contributed by atoms with Crippen molar-refractivity contribution in [3.63, 3.8) is 0 Å². The van der Waals surface area contributed by atoms with E-state index in [-0.39, 0.29) is 0 Å². The van der Waals surface area contributed by atoms with Crippen LogP contribution in [0.25, 0.3) is 0 Å². The van der Waals surface area contributed by atoms with Gasteiger partial charge in [-0.1, -0.05) is 5.57 Å². The Balaban J connectivity index is 3.89. The molecule has 11 heavy (non-hydrogen) atoms. The highest BCUT2D eigenvalue weighted by atomic mass is 19.3. The van der Waals surface area contributed by atoms with Gasteiger partial charge in [-0.15, -0.1) is 0 Å². The van der Waals surface area contributed by atoms with Gasteiger partial charge in [0.2, 0.25) is 0 Å². The number of hydrogen-bond donors (Lipinski definition) is 1. The third-order valence-electron chi connectivity index (χ3n) is 1.38. The summed E-state index contributed by atoms with van der Waals surface area (Å²) in [5.41, 5.74) is 0.987. The molecule has 0 spiro atoms. The topological polar surface area (TPSA) is 12.0 Å². The van der Waals surface area contributed by atoms with Gasteiger partial charge in [-0.05, 0) is 27.0 Å². The van der Waals surface area contributed by atoms with E-state index in [2.05, 4.69) is 5.32 Å². The van der Waals surface area contributed by atoms with Crippen LogP contribution in [-0.2, 0) is 0 Å². The van der Waals surface area contributed by atoms with Gasteiger partial charge >= 0.3 is 0 Å². The van der Waals surface area contributed by atoms with Crippen LogP contribution in [0.2, 0.25) is 0 Å². The monoisotopic (exact) mass is 163 g/mol. The first-order valence-corrected chi connectivity index (χ1v) is 3.61. The van der Waals surface area contributed by atoms with Gasteiger partial charge in [0, 0.05) is 6.92 Å². The molecular formula is C8H15F2N. The molecule has 0 saturated carbocycles. The Bertz CT molecular complexity index is 143. The summed E-state index contributed by atoms with van der Waals surface area (Å²) in [6.45, 7) is 6.07. The Kier molecular flexibility index (Phi) is 3.49. The molecule has 0 rings (SSSR count). The van der Waals surface area contributed by atoms with Crippen LogP contribution < -0.4 is 5.32 Å². The predicted octanol–water partition coefficient (Wildman–Crippen LogP) is 2.54. The summed E-state index contributed by atoms with van der Waals surface area (Å²) < 4.78 is 24.9. The third kappa shape index (κ3) is 4.76. The van der Waals surface area contributed by atoms with Gasteiger partial charge in [-0.25, -0.2) is 8.78 Å². The molecule has 1 atom stereocenters.